The van der Waals surface area contributed by atoms with Crippen LogP contribution in [0.2, 0.25) is 0 Å². The maximum atomic E-state index is 9.52. The number of hydrogen-bond acceptors (Lipinski definition) is 2. The van der Waals surface area contributed by atoms with Gasteiger partial charge in [-0.15, -0.1) is 0 Å². The molecule has 42 valence electrons. The van der Waals surface area contributed by atoms with E-state index < -0.39 is 0 Å². The molecule has 0 saturated carbocycles. The van der Waals surface area contributed by atoms with Gasteiger partial charge >= 0.3 is 0 Å². The third-order valence-corrected chi connectivity index (χ3v) is 1.08. The monoisotopic (exact) mass is 101 g/mol. The molecule has 0 heterocycles. The van der Waals surface area contributed by atoms with Crippen LogP contribution in [0.3, 0.4) is 0 Å². The van der Waals surface area contributed by atoms with E-state index in [0.717, 1.165) is 6.42 Å². The fourth-order valence-corrected chi connectivity index (χ4v) is 0.256. The van der Waals surface area contributed by atoms with Crippen molar-refractivity contribution < 1.29 is 0 Å². The van der Waals surface area contributed by atoms with Gasteiger partial charge in [0, 0.05) is 0 Å². The molecule has 0 aromatic rings. The lowest BCUT2D eigenvalue weighted by molar-refractivity contribution is 0.575. The van der Waals surface area contributed by atoms with E-state index in [1.54, 1.807) is 0 Å². The van der Waals surface area contributed by atoms with E-state index in [1.165, 1.54) is 0 Å². The van der Waals surface area contributed by atoms with Gasteiger partial charge in [0.2, 0.25) is 0 Å². The van der Waals surface area contributed by atoms with Gasteiger partial charge in [0.05, 0.1) is 6.54 Å². The van der Waals surface area contributed by atoms with Gasteiger partial charge in [-0.2, -0.15) is 4.91 Å². The number of rotatable bonds is 3. The second-order valence-corrected chi connectivity index (χ2v) is 1.83. The van der Waals surface area contributed by atoms with Crippen LogP contribution in [0.4, 0.5) is 0 Å². The predicted molar refractivity (Wildman–Crippen MR) is 30.1 cm³/mol. The molecule has 0 aliphatic carbocycles. The molecule has 0 amide bonds. The van der Waals surface area contributed by atoms with Crippen molar-refractivity contribution in [3.05, 3.63) is 4.91 Å². The summed E-state index contributed by atoms with van der Waals surface area (Å²) < 4.78 is 0. The van der Waals surface area contributed by atoms with Crippen molar-refractivity contribution in [2.45, 2.75) is 20.3 Å². The fraction of sp³-hybridized carbons (Fsp3) is 1.00. The second-order valence-electron chi connectivity index (χ2n) is 1.83. The van der Waals surface area contributed by atoms with Crippen molar-refractivity contribution in [1.29, 1.82) is 0 Å². The first-order valence-corrected chi connectivity index (χ1v) is 2.60. The second kappa shape index (κ2) is 3.78. The van der Waals surface area contributed by atoms with Gasteiger partial charge in [-0.3, -0.25) is 0 Å². The first kappa shape index (κ1) is 6.60. The van der Waals surface area contributed by atoms with E-state index in [9.17, 15) is 4.91 Å². The third kappa shape index (κ3) is 3.43. The lowest BCUT2D eigenvalue weighted by Gasteiger charge is -1.96. The predicted octanol–water partition coefficient (Wildman–Crippen LogP) is 1.80. The fourth-order valence-electron chi connectivity index (χ4n) is 0.256. The maximum absolute atomic E-state index is 9.52. The molecule has 7 heavy (non-hydrogen) atoms. The molecular formula is C5H11NO. The van der Waals surface area contributed by atoms with Gasteiger partial charge in [-0.05, 0) is 5.92 Å². The molecule has 2 nitrogen and oxygen atoms in total. The molecule has 0 aliphatic heterocycles. The van der Waals surface area contributed by atoms with Gasteiger partial charge in [-0.1, -0.05) is 25.4 Å². The van der Waals surface area contributed by atoms with Crippen LogP contribution in [0.1, 0.15) is 20.3 Å². The molecule has 0 saturated heterocycles. The Kier molecular flexibility index (Phi) is 3.56. The third-order valence-electron chi connectivity index (χ3n) is 1.08. The van der Waals surface area contributed by atoms with Crippen molar-refractivity contribution in [2.24, 2.45) is 11.1 Å². The lowest BCUT2D eigenvalue weighted by atomic mass is 10.1. The Morgan fingerprint density at radius 2 is 2.29 bits per heavy atom. The van der Waals surface area contributed by atoms with E-state index in [1.807, 2.05) is 6.92 Å². The molecule has 0 N–H and O–H groups in total. The van der Waals surface area contributed by atoms with Crippen LogP contribution in [0, 0.1) is 10.8 Å². The quantitative estimate of drug-likeness (QED) is 0.498. The molecule has 0 bridgehead atoms. The Hall–Kier alpha value is -0.400. The Labute approximate surface area is 43.9 Å². The van der Waals surface area contributed by atoms with Gasteiger partial charge in [0.15, 0.2) is 0 Å². The summed E-state index contributed by atoms with van der Waals surface area (Å²) >= 11 is 0. The average Bonchev–Trinajstić information content (AvgIpc) is 1.68. The van der Waals surface area contributed by atoms with E-state index in [2.05, 4.69) is 12.1 Å². The zero-order chi connectivity index (χ0) is 5.70. The molecule has 0 aromatic carbocycles. The van der Waals surface area contributed by atoms with Crippen LogP contribution < -0.4 is 0 Å². The molecular weight excluding hydrogens is 90.1 g/mol. The summed E-state index contributed by atoms with van der Waals surface area (Å²) in [6.07, 6.45) is 1.05. The zero-order valence-corrected chi connectivity index (χ0v) is 4.85. The van der Waals surface area contributed by atoms with Crippen LogP contribution in [-0.2, 0) is 0 Å². The highest BCUT2D eigenvalue weighted by atomic mass is 16.3. The minimum atomic E-state index is 0.469. The van der Waals surface area contributed by atoms with Crippen LogP contribution in [0.25, 0.3) is 0 Å². The summed E-state index contributed by atoms with van der Waals surface area (Å²) in [5, 5.41) is 2.76. The number of nitroso groups, excluding NO2 is 1. The van der Waals surface area contributed by atoms with Crippen LogP contribution in [0.5, 0.6) is 0 Å². The van der Waals surface area contributed by atoms with Crippen LogP contribution in [0.15, 0.2) is 5.18 Å². The highest BCUT2D eigenvalue weighted by Crippen LogP contribution is 1.98. The number of hydrogen-bond donors (Lipinski definition) is 0. The molecule has 0 unspecified atom stereocenters. The molecule has 0 aliphatic rings. The lowest BCUT2D eigenvalue weighted by Crippen LogP contribution is -1.94. The normalized spacial score (nSPS) is 13.4. The summed E-state index contributed by atoms with van der Waals surface area (Å²) in [6, 6.07) is 0. The highest BCUT2D eigenvalue weighted by Gasteiger charge is 1.94. The Balaban J connectivity index is 2.98. The molecule has 0 radical (unpaired) electrons. The smallest absolute Gasteiger partial charge is 0.0836 e. The standard InChI is InChI=1S/C5H11NO/c1-3-5(2)4-6-7/h5H,3-4H2,1-2H3/t5-/m0/s1. The topological polar surface area (TPSA) is 29.4 Å². The van der Waals surface area contributed by atoms with Crippen molar-refractivity contribution in [2.75, 3.05) is 6.54 Å². The Bertz CT molecular complexity index is 54.0. The summed E-state index contributed by atoms with van der Waals surface area (Å²) in [6.45, 7) is 4.54. The SMILES string of the molecule is CC[C@H](C)CN=O. The molecule has 0 spiro atoms. The van der Waals surface area contributed by atoms with Gasteiger partial charge in [0.1, 0.15) is 0 Å². The van der Waals surface area contributed by atoms with Crippen molar-refractivity contribution in [3.8, 4) is 0 Å². The molecule has 0 rings (SSSR count). The molecule has 2 heteroatoms. The molecule has 0 fully saturated rings. The number of nitrogens with zero attached hydrogens (tertiary/aromatic N) is 1. The summed E-state index contributed by atoms with van der Waals surface area (Å²) in [4.78, 5) is 9.52. The highest BCUT2D eigenvalue weighted by molar-refractivity contribution is 4.50. The summed E-state index contributed by atoms with van der Waals surface area (Å²) in [5.74, 6) is 0.470. The minimum absolute atomic E-state index is 0.469. The zero-order valence-electron chi connectivity index (χ0n) is 4.85. The maximum Gasteiger partial charge on any atom is 0.0836 e. The average molecular weight is 101 g/mol. The minimum Gasteiger partial charge on any atom is -0.151 e. The van der Waals surface area contributed by atoms with E-state index in [-0.39, 0.29) is 0 Å². The van der Waals surface area contributed by atoms with Crippen LogP contribution in [-0.4, -0.2) is 6.54 Å². The van der Waals surface area contributed by atoms with Crippen molar-refractivity contribution in [3.63, 3.8) is 0 Å². The summed E-state index contributed by atoms with van der Waals surface area (Å²) in [5.41, 5.74) is 0. The Morgan fingerprint density at radius 3 is 2.43 bits per heavy atom. The summed E-state index contributed by atoms with van der Waals surface area (Å²) in [7, 11) is 0. The van der Waals surface area contributed by atoms with Crippen LogP contribution >= 0.6 is 0 Å². The largest absolute Gasteiger partial charge is 0.151 e. The van der Waals surface area contributed by atoms with E-state index in [4.69, 9.17) is 0 Å². The first-order valence-electron chi connectivity index (χ1n) is 2.60. The van der Waals surface area contributed by atoms with Crippen molar-refractivity contribution in [1.82, 2.24) is 0 Å². The first-order chi connectivity index (χ1) is 3.31. The van der Waals surface area contributed by atoms with Gasteiger partial charge in [0.25, 0.3) is 0 Å². The van der Waals surface area contributed by atoms with E-state index >= 15 is 0 Å². The van der Waals surface area contributed by atoms with E-state index in [0.29, 0.717) is 12.5 Å². The molecule has 1 atom stereocenters. The van der Waals surface area contributed by atoms with Gasteiger partial charge < -0.3 is 0 Å². The molecule has 0 aromatic heterocycles. The Morgan fingerprint density at radius 1 is 1.71 bits per heavy atom. The van der Waals surface area contributed by atoms with Gasteiger partial charge in [-0.25, -0.2) is 0 Å². The van der Waals surface area contributed by atoms with Crippen molar-refractivity contribution >= 4 is 0 Å².